The van der Waals surface area contributed by atoms with Crippen LogP contribution >= 0.6 is 39.1 Å². The molecule has 1 N–H and O–H groups in total. The van der Waals surface area contributed by atoms with Crippen LogP contribution in [0.1, 0.15) is 0 Å². The monoisotopic (exact) mass is 450 g/mol. The van der Waals surface area contributed by atoms with Crippen LogP contribution in [0.2, 0.25) is 10.0 Å². The first kappa shape index (κ1) is 19.1. The van der Waals surface area contributed by atoms with Gasteiger partial charge in [-0.25, -0.2) is 8.42 Å². The van der Waals surface area contributed by atoms with Crippen molar-refractivity contribution in [3.8, 4) is 0 Å². The summed E-state index contributed by atoms with van der Waals surface area (Å²) in [5.41, 5.74) is 0.770. The van der Waals surface area contributed by atoms with Gasteiger partial charge in [-0.1, -0.05) is 45.2 Å². The van der Waals surface area contributed by atoms with Crippen LogP contribution in [0, 0.1) is 0 Å². The lowest BCUT2D eigenvalue weighted by molar-refractivity contribution is -0.114. The van der Waals surface area contributed by atoms with Gasteiger partial charge in [-0.2, -0.15) is 0 Å². The molecule has 0 aromatic heterocycles. The van der Waals surface area contributed by atoms with E-state index in [9.17, 15) is 13.2 Å². The molecular formula is C15H13BrCl2N2O3S. The van der Waals surface area contributed by atoms with Crippen molar-refractivity contribution in [1.82, 2.24) is 0 Å². The molecule has 9 heteroatoms. The first-order valence-electron chi connectivity index (χ1n) is 6.64. The third-order valence-corrected chi connectivity index (χ3v) is 5.00. The lowest BCUT2D eigenvalue weighted by Crippen LogP contribution is -2.37. The fourth-order valence-corrected chi connectivity index (χ4v) is 3.75. The maximum Gasteiger partial charge on any atom is 0.245 e. The molecule has 0 heterocycles. The van der Waals surface area contributed by atoms with Crippen LogP contribution in [0.25, 0.3) is 0 Å². The fraction of sp³-hybridized carbons (Fsp3) is 0.133. The van der Waals surface area contributed by atoms with Crippen molar-refractivity contribution in [2.75, 3.05) is 22.4 Å². The Hall–Kier alpha value is -1.28. The Morgan fingerprint density at radius 2 is 1.79 bits per heavy atom. The molecule has 24 heavy (non-hydrogen) atoms. The summed E-state index contributed by atoms with van der Waals surface area (Å²) in [5.74, 6) is -0.515. The van der Waals surface area contributed by atoms with Crippen LogP contribution in [-0.4, -0.2) is 27.1 Å². The largest absolute Gasteiger partial charge is 0.324 e. The molecule has 2 aromatic rings. The van der Waals surface area contributed by atoms with Gasteiger partial charge in [0.05, 0.1) is 11.9 Å². The van der Waals surface area contributed by atoms with E-state index in [0.717, 1.165) is 10.6 Å². The van der Waals surface area contributed by atoms with Crippen LogP contribution in [0.3, 0.4) is 0 Å². The molecule has 0 spiro atoms. The van der Waals surface area contributed by atoms with Gasteiger partial charge in [-0.3, -0.25) is 9.10 Å². The van der Waals surface area contributed by atoms with E-state index < -0.39 is 15.9 Å². The van der Waals surface area contributed by atoms with Crippen molar-refractivity contribution in [1.29, 1.82) is 0 Å². The molecule has 0 aliphatic rings. The number of anilines is 2. The quantitative estimate of drug-likeness (QED) is 0.741. The molecule has 0 aliphatic heterocycles. The van der Waals surface area contributed by atoms with Gasteiger partial charge in [0.1, 0.15) is 6.54 Å². The van der Waals surface area contributed by atoms with Crippen molar-refractivity contribution >= 4 is 66.4 Å². The highest BCUT2D eigenvalue weighted by Gasteiger charge is 2.21. The second kappa shape index (κ2) is 7.74. The van der Waals surface area contributed by atoms with Crippen molar-refractivity contribution < 1.29 is 13.2 Å². The van der Waals surface area contributed by atoms with Crippen molar-refractivity contribution in [2.45, 2.75) is 0 Å². The van der Waals surface area contributed by atoms with E-state index >= 15 is 0 Å². The molecule has 5 nitrogen and oxygen atoms in total. The average Bonchev–Trinajstić information content (AvgIpc) is 2.42. The topological polar surface area (TPSA) is 66.5 Å². The van der Waals surface area contributed by atoms with Gasteiger partial charge in [-0.05, 0) is 36.4 Å². The van der Waals surface area contributed by atoms with Gasteiger partial charge >= 0.3 is 0 Å². The van der Waals surface area contributed by atoms with Crippen molar-refractivity contribution in [3.05, 3.63) is 57.0 Å². The zero-order chi connectivity index (χ0) is 17.9. The number of rotatable bonds is 5. The number of nitrogens with one attached hydrogen (secondary N) is 1. The molecule has 2 rings (SSSR count). The van der Waals surface area contributed by atoms with Gasteiger partial charge in [0, 0.05) is 20.2 Å². The van der Waals surface area contributed by atoms with Crippen LogP contribution < -0.4 is 9.62 Å². The van der Waals surface area contributed by atoms with Gasteiger partial charge < -0.3 is 5.32 Å². The molecule has 0 radical (unpaired) electrons. The number of amides is 1. The summed E-state index contributed by atoms with van der Waals surface area (Å²) in [6.45, 7) is -0.376. The van der Waals surface area contributed by atoms with E-state index in [1.807, 2.05) is 0 Å². The molecule has 0 saturated heterocycles. The standard InChI is InChI=1S/C15H13BrCl2N2O3S/c1-24(22,23)20(14-4-2-3-10(16)5-14)9-15(21)19-13-7-11(17)6-12(18)8-13/h2-8H,9H2,1H3,(H,19,21). The third-order valence-electron chi connectivity index (χ3n) is 2.93. The average molecular weight is 452 g/mol. The van der Waals surface area contributed by atoms with Gasteiger partial charge in [0.2, 0.25) is 15.9 Å². The molecule has 1 amide bonds. The molecular weight excluding hydrogens is 439 g/mol. The van der Waals surface area contributed by atoms with E-state index in [1.54, 1.807) is 24.3 Å². The predicted molar refractivity (Wildman–Crippen MR) is 101 cm³/mol. The van der Waals surface area contributed by atoms with Crippen molar-refractivity contribution in [3.63, 3.8) is 0 Å². The number of hydrogen-bond acceptors (Lipinski definition) is 3. The maximum absolute atomic E-state index is 12.2. The smallest absolute Gasteiger partial charge is 0.245 e. The molecule has 0 saturated carbocycles. The summed E-state index contributed by atoms with van der Waals surface area (Å²) >= 11 is 15.0. The van der Waals surface area contributed by atoms with Crippen molar-refractivity contribution in [2.24, 2.45) is 0 Å². The Kier molecular flexibility index (Phi) is 6.14. The van der Waals surface area contributed by atoms with Gasteiger partial charge in [0.25, 0.3) is 0 Å². The van der Waals surface area contributed by atoms with Gasteiger partial charge in [0.15, 0.2) is 0 Å². The first-order chi connectivity index (χ1) is 11.1. The Morgan fingerprint density at radius 3 is 2.33 bits per heavy atom. The fourth-order valence-electron chi connectivity index (χ4n) is 1.99. The van der Waals surface area contributed by atoms with Gasteiger partial charge in [-0.15, -0.1) is 0 Å². The summed E-state index contributed by atoms with van der Waals surface area (Å²) in [7, 11) is -3.64. The summed E-state index contributed by atoms with van der Waals surface area (Å²) in [4.78, 5) is 12.2. The first-order valence-corrected chi connectivity index (χ1v) is 10.0. The van der Waals surface area contributed by atoms with Crippen LogP contribution in [0.5, 0.6) is 0 Å². The van der Waals surface area contributed by atoms with E-state index in [0.29, 0.717) is 25.9 Å². The third kappa shape index (κ3) is 5.37. The Labute approximate surface area is 158 Å². The zero-order valence-corrected chi connectivity index (χ0v) is 16.4. The molecule has 128 valence electrons. The maximum atomic E-state index is 12.2. The van der Waals surface area contributed by atoms with Crippen LogP contribution in [0.4, 0.5) is 11.4 Å². The number of halogens is 3. The number of nitrogens with zero attached hydrogens (tertiary/aromatic N) is 1. The highest BCUT2D eigenvalue weighted by atomic mass is 79.9. The minimum atomic E-state index is -3.64. The van der Waals surface area contributed by atoms with Crippen LogP contribution in [-0.2, 0) is 14.8 Å². The van der Waals surface area contributed by atoms with E-state index in [1.165, 1.54) is 18.2 Å². The van der Waals surface area contributed by atoms with E-state index in [2.05, 4.69) is 21.2 Å². The molecule has 0 aliphatic carbocycles. The van der Waals surface area contributed by atoms with E-state index in [-0.39, 0.29) is 6.54 Å². The molecule has 0 unspecified atom stereocenters. The zero-order valence-electron chi connectivity index (χ0n) is 12.5. The normalized spacial score (nSPS) is 11.2. The van der Waals surface area contributed by atoms with E-state index in [4.69, 9.17) is 23.2 Å². The molecule has 2 aromatic carbocycles. The summed E-state index contributed by atoms with van der Waals surface area (Å²) in [6, 6.07) is 11.2. The second-order valence-corrected chi connectivity index (χ2v) is 8.65. The summed E-state index contributed by atoms with van der Waals surface area (Å²) < 4.78 is 25.8. The lowest BCUT2D eigenvalue weighted by Gasteiger charge is -2.22. The Morgan fingerprint density at radius 1 is 1.17 bits per heavy atom. The Bertz CT molecular complexity index is 855. The minimum absolute atomic E-state index is 0.366. The SMILES string of the molecule is CS(=O)(=O)N(CC(=O)Nc1cc(Cl)cc(Cl)c1)c1cccc(Br)c1. The predicted octanol–water partition coefficient (Wildman–Crippen LogP) is 4.16. The lowest BCUT2D eigenvalue weighted by atomic mass is 10.3. The molecule has 0 atom stereocenters. The Balaban J connectivity index is 2.22. The molecule has 0 fully saturated rings. The second-order valence-electron chi connectivity index (χ2n) is 4.96. The number of benzene rings is 2. The minimum Gasteiger partial charge on any atom is -0.324 e. The number of sulfonamides is 1. The highest BCUT2D eigenvalue weighted by Crippen LogP contribution is 2.24. The molecule has 0 bridgehead atoms. The number of carbonyl (C=O) groups is 1. The highest BCUT2D eigenvalue weighted by molar-refractivity contribution is 9.10. The summed E-state index contributed by atoms with van der Waals surface area (Å²) in [6.07, 6.45) is 1.04. The number of carbonyl (C=O) groups excluding carboxylic acids is 1. The van der Waals surface area contributed by atoms with Crippen LogP contribution in [0.15, 0.2) is 46.9 Å². The summed E-state index contributed by atoms with van der Waals surface area (Å²) in [5, 5.41) is 3.32. The number of hydrogen-bond donors (Lipinski definition) is 1.